The lowest BCUT2D eigenvalue weighted by molar-refractivity contribution is -0.195. The van der Waals surface area contributed by atoms with Crippen LogP contribution in [-0.2, 0) is 0 Å². The van der Waals surface area contributed by atoms with Gasteiger partial charge in [0.15, 0.2) is 0 Å². The van der Waals surface area contributed by atoms with Gasteiger partial charge in [0.2, 0.25) is 0 Å². The van der Waals surface area contributed by atoms with E-state index in [0.717, 1.165) is 64.2 Å². The van der Waals surface area contributed by atoms with Crippen molar-refractivity contribution >= 4 is 0 Å². The number of allylic oxidation sites excluding steroid dienone is 6. The maximum absolute atomic E-state index is 11.4. The van der Waals surface area contributed by atoms with Crippen LogP contribution >= 0.6 is 0 Å². The Bertz CT molecular complexity index is 723. The summed E-state index contributed by atoms with van der Waals surface area (Å²) in [7, 11) is 0. The summed E-state index contributed by atoms with van der Waals surface area (Å²) in [5, 5.41) is 22.0. The zero-order valence-electron chi connectivity index (χ0n) is 23.1. The first-order valence-corrected chi connectivity index (χ1v) is 13.7. The van der Waals surface area contributed by atoms with Crippen molar-refractivity contribution in [2.75, 3.05) is 0 Å². The molecular weight excluding hydrogens is 404 g/mol. The Labute approximate surface area is 205 Å². The molecule has 0 aromatic heterocycles. The highest BCUT2D eigenvalue weighted by Crippen LogP contribution is 2.62. The van der Waals surface area contributed by atoms with Crippen LogP contribution in [-0.4, -0.2) is 21.9 Å². The van der Waals surface area contributed by atoms with Crippen molar-refractivity contribution in [3.8, 4) is 0 Å². The topological polar surface area (TPSA) is 40.5 Å². The molecule has 2 saturated carbocycles. The van der Waals surface area contributed by atoms with Gasteiger partial charge < -0.3 is 10.2 Å². The summed E-state index contributed by atoms with van der Waals surface area (Å²) in [6.07, 6.45) is 18.6. The van der Waals surface area contributed by atoms with E-state index in [-0.39, 0.29) is 16.9 Å². The van der Waals surface area contributed by atoms with E-state index in [1.54, 1.807) is 0 Å². The summed E-state index contributed by atoms with van der Waals surface area (Å²) in [6, 6.07) is 0. The Morgan fingerprint density at radius 3 is 1.94 bits per heavy atom. The molecule has 2 rings (SSSR count). The van der Waals surface area contributed by atoms with Crippen molar-refractivity contribution in [1.29, 1.82) is 0 Å². The molecule has 2 nitrogen and oxygen atoms in total. The van der Waals surface area contributed by atoms with Crippen LogP contribution in [0.5, 0.6) is 0 Å². The van der Waals surface area contributed by atoms with E-state index >= 15 is 0 Å². The van der Waals surface area contributed by atoms with Gasteiger partial charge in [0, 0.05) is 0 Å². The minimum Gasteiger partial charge on any atom is -0.393 e. The molecule has 2 fully saturated rings. The van der Waals surface area contributed by atoms with Gasteiger partial charge >= 0.3 is 0 Å². The average Bonchev–Trinajstić information content (AvgIpc) is 2.72. The summed E-state index contributed by atoms with van der Waals surface area (Å²) < 4.78 is 0. The van der Waals surface area contributed by atoms with Gasteiger partial charge in [-0.2, -0.15) is 0 Å². The van der Waals surface area contributed by atoms with Gasteiger partial charge in [0.05, 0.1) is 11.7 Å². The third-order valence-corrected chi connectivity index (χ3v) is 9.56. The molecule has 0 amide bonds. The standard InChI is InChI=1S/C31H54O2/c1-9-23(2)13-10-14-24(3)15-11-16-25(4)17-12-18-27-30(7)21-20-28(32)29(5,6)26(30)19-22-31(27,8)33/h13,15,17,26-28,32-33H,9-12,14,16,18-22H2,1-8H3/b23-13+,24-15+,25-17+/t26?,27-,28+,30+,31-/m1/s1. The van der Waals surface area contributed by atoms with Crippen LogP contribution in [0.1, 0.15) is 126 Å². The van der Waals surface area contributed by atoms with E-state index < -0.39 is 5.60 Å². The minimum absolute atomic E-state index is 0.0667. The van der Waals surface area contributed by atoms with E-state index in [1.165, 1.54) is 23.1 Å². The van der Waals surface area contributed by atoms with Crippen molar-refractivity contribution in [3.05, 3.63) is 34.9 Å². The van der Waals surface area contributed by atoms with Crippen LogP contribution in [0.2, 0.25) is 0 Å². The van der Waals surface area contributed by atoms with Gasteiger partial charge in [-0.15, -0.1) is 0 Å². The lowest BCUT2D eigenvalue weighted by Crippen LogP contribution is -2.60. The van der Waals surface area contributed by atoms with Crippen molar-refractivity contribution in [2.45, 2.75) is 138 Å². The number of hydrogen-bond acceptors (Lipinski definition) is 2. The lowest BCUT2D eigenvalue weighted by atomic mass is 9.44. The summed E-state index contributed by atoms with van der Waals surface area (Å²) in [5.41, 5.74) is 3.90. The Balaban J connectivity index is 1.92. The lowest BCUT2D eigenvalue weighted by Gasteiger charge is -2.62. The summed E-state index contributed by atoms with van der Waals surface area (Å²) >= 11 is 0. The van der Waals surface area contributed by atoms with Crippen molar-refractivity contribution in [1.82, 2.24) is 0 Å². The monoisotopic (exact) mass is 458 g/mol. The molecule has 0 aliphatic heterocycles. The van der Waals surface area contributed by atoms with Crippen LogP contribution in [0.25, 0.3) is 0 Å². The normalized spacial score (nSPS) is 35.5. The molecule has 33 heavy (non-hydrogen) atoms. The molecule has 190 valence electrons. The van der Waals surface area contributed by atoms with Crippen LogP contribution in [0.4, 0.5) is 0 Å². The molecule has 5 atom stereocenters. The Morgan fingerprint density at radius 2 is 1.36 bits per heavy atom. The molecule has 0 heterocycles. The quantitative estimate of drug-likeness (QED) is 0.322. The number of aliphatic hydroxyl groups excluding tert-OH is 1. The SMILES string of the molecule is CC/C(C)=C/CC/C(C)=C/CC/C(C)=C/CC[C@@H]1[C@@]2(C)CC[C@H](O)C(C)(C)C2CC[C@@]1(C)O. The second kappa shape index (κ2) is 11.7. The van der Waals surface area contributed by atoms with E-state index in [4.69, 9.17) is 0 Å². The molecule has 0 aromatic carbocycles. The van der Waals surface area contributed by atoms with Crippen LogP contribution in [0, 0.1) is 22.7 Å². The second-order valence-electron chi connectivity index (χ2n) is 12.5. The van der Waals surface area contributed by atoms with Crippen molar-refractivity contribution < 1.29 is 10.2 Å². The fraction of sp³-hybridized carbons (Fsp3) is 0.806. The molecule has 0 aromatic rings. The maximum Gasteiger partial charge on any atom is 0.0653 e. The summed E-state index contributed by atoms with van der Waals surface area (Å²) in [6.45, 7) is 17.9. The predicted octanol–water partition coefficient (Wildman–Crippen LogP) is 8.54. The number of aliphatic hydroxyl groups is 2. The molecule has 0 saturated heterocycles. The van der Waals surface area contributed by atoms with E-state index in [2.05, 4.69) is 73.6 Å². The Morgan fingerprint density at radius 1 is 0.818 bits per heavy atom. The van der Waals surface area contributed by atoms with Gasteiger partial charge in [0.25, 0.3) is 0 Å². The number of hydrogen-bond donors (Lipinski definition) is 2. The van der Waals surface area contributed by atoms with Crippen molar-refractivity contribution in [2.24, 2.45) is 22.7 Å². The average molecular weight is 459 g/mol. The van der Waals surface area contributed by atoms with Gasteiger partial charge in [-0.1, -0.05) is 62.6 Å². The van der Waals surface area contributed by atoms with Gasteiger partial charge in [0.1, 0.15) is 0 Å². The highest BCUT2D eigenvalue weighted by atomic mass is 16.3. The highest BCUT2D eigenvalue weighted by molar-refractivity contribution is 5.11. The third-order valence-electron chi connectivity index (χ3n) is 9.56. The predicted molar refractivity (Wildman–Crippen MR) is 143 cm³/mol. The summed E-state index contributed by atoms with van der Waals surface area (Å²) in [4.78, 5) is 0. The molecule has 0 spiro atoms. The fourth-order valence-corrected chi connectivity index (χ4v) is 7.09. The first-order chi connectivity index (χ1) is 15.3. The van der Waals surface area contributed by atoms with Crippen LogP contribution < -0.4 is 0 Å². The minimum atomic E-state index is -0.601. The van der Waals surface area contributed by atoms with Gasteiger partial charge in [-0.3, -0.25) is 0 Å². The molecule has 2 heteroatoms. The molecule has 0 bridgehead atoms. The van der Waals surface area contributed by atoms with E-state index in [1.807, 2.05) is 0 Å². The molecular formula is C31H54O2. The fourth-order valence-electron chi connectivity index (χ4n) is 7.09. The zero-order valence-corrected chi connectivity index (χ0v) is 23.1. The first-order valence-electron chi connectivity index (χ1n) is 13.7. The number of rotatable bonds is 10. The molecule has 1 unspecified atom stereocenters. The highest BCUT2D eigenvalue weighted by Gasteiger charge is 2.59. The van der Waals surface area contributed by atoms with Crippen molar-refractivity contribution in [3.63, 3.8) is 0 Å². The Kier molecular flexibility index (Phi) is 10.1. The van der Waals surface area contributed by atoms with E-state index in [0.29, 0.717) is 11.8 Å². The van der Waals surface area contributed by atoms with E-state index in [9.17, 15) is 10.2 Å². The largest absolute Gasteiger partial charge is 0.393 e. The summed E-state index contributed by atoms with van der Waals surface area (Å²) in [5.74, 6) is 0.773. The first kappa shape index (κ1) is 28.4. The molecule has 2 aliphatic rings. The molecule has 0 radical (unpaired) electrons. The van der Waals surface area contributed by atoms with Crippen LogP contribution in [0.3, 0.4) is 0 Å². The maximum atomic E-state index is 11.4. The third kappa shape index (κ3) is 7.07. The number of fused-ring (bicyclic) bond motifs is 1. The van der Waals surface area contributed by atoms with Gasteiger partial charge in [-0.05, 0) is 121 Å². The second-order valence-corrected chi connectivity index (χ2v) is 12.5. The molecule has 2 aliphatic carbocycles. The molecule has 2 N–H and O–H groups in total. The smallest absolute Gasteiger partial charge is 0.0653 e. The van der Waals surface area contributed by atoms with Gasteiger partial charge in [-0.25, -0.2) is 0 Å². The Hall–Kier alpha value is -0.860. The zero-order chi connectivity index (χ0) is 24.9. The van der Waals surface area contributed by atoms with Crippen LogP contribution in [0.15, 0.2) is 34.9 Å².